The van der Waals surface area contributed by atoms with E-state index in [0.29, 0.717) is 24.5 Å². The van der Waals surface area contributed by atoms with Gasteiger partial charge in [0.15, 0.2) is 0 Å². The van der Waals surface area contributed by atoms with Crippen LogP contribution in [-0.2, 0) is 14.3 Å². The third-order valence-corrected chi connectivity index (χ3v) is 6.81. The van der Waals surface area contributed by atoms with E-state index in [1.165, 1.54) is 0 Å². The fraction of sp³-hybridized carbons (Fsp3) is 0.440. The Kier molecular flexibility index (Phi) is 7.12. The summed E-state index contributed by atoms with van der Waals surface area (Å²) in [6, 6.07) is 14.7. The van der Waals surface area contributed by atoms with Gasteiger partial charge in [0.05, 0.1) is 5.60 Å². The molecule has 0 spiro atoms. The highest BCUT2D eigenvalue weighted by Gasteiger charge is 2.46. The minimum atomic E-state index is -1.14. The molecule has 0 aliphatic carbocycles. The second kappa shape index (κ2) is 10.1. The molecule has 2 fully saturated rings. The van der Waals surface area contributed by atoms with Gasteiger partial charge < -0.3 is 9.47 Å². The Morgan fingerprint density at radius 3 is 2.56 bits per heavy atom. The summed E-state index contributed by atoms with van der Waals surface area (Å²) in [4.78, 5) is 30.7. The number of hydrogen-bond acceptors (Lipinski definition) is 5. The third-order valence-electron chi connectivity index (χ3n) is 6.56. The molecule has 34 heavy (non-hydrogen) atoms. The topological polar surface area (TPSA) is 105 Å². The first-order valence-corrected chi connectivity index (χ1v) is 11.7. The summed E-state index contributed by atoms with van der Waals surface area (Å²) in [5, 5.41) is 4.52. The van der Waals surface area contributed by atoms with Crippen molar-refractivity contribution in [2.24, 2.45) is 11.0 Å². The molecule has 2 amide bonds. The first-order chi connectivity index (χ1) is 16.3. The zero-order chi connectivity index (χ0) is 24.3. The number of carbonyl (C=O) groups is 2. The maximum absolute atomic E-state index is 13.9. The van der Waals surface area contributed by atoms with Crippen molar-refractivity contribution in [1.82, 2.24) is 4.90 Å². The number of cyclic esters (lactones) is 1. The van der Waals surface area contributed by atoms with Crippen molar-refractivity contribution in [3.05, 3.63) is 81.2 Å². The smallest absolute Gasteiger partial charge is 0.417 e. The minimum absolute atomic E-state index is 0.0156. The van der Waals surface area contributed by atoms with Crippen LogP contribution in [0.3, 0.4) is 0 Å². The number of amides is 2. The van der Waals surface area contributed by atoms with Gasteiger partial charge in [0.25, 0.3) is 0 Å². The number of benzene rings is 2. The summed E-state index contributed by atoms with van der Waals surface area (Å²) in [5.41, 5.74) is 10.6. The van der Waals surface area contributed by atoms with Crippen molar-refractivity contribution in [2.75, 3.05) is 13.2 Å². The number of rotatable bonds is 6. The van der Waals surface area contributed by atoms with Gasteiger partial charge in [-0.1, -0.05) is 59.2 Å². The second-order valence-electron chi connectivity index (χ2n) is 9.30. The largest absolute Gasteiger partial charge is 0.446 e. The third kappa shape index (κ3) is 5.04. The first-order valence-electron chi connectivity index (χ1n) is 11.3. The van der Waals surface area contributed by atoms with Crippen LogP contribution in [0.1, 0.15) is 49.8 Å². The molecule has 0 aromatic heterocycles. The van der Waals surface area contributed by atoms with Gasteiger partial charge in [-0.25, -0.2) is 9.69 Å². The summed E-state index contributed by atoms with van der Waals surface area (Å²) >= 11 is 6.12. The van der Waals surface area contributed by atoms with Gasteiger partial charge in [-0.2, -0.15) is 0 Å². The van der Waals surface area contributed by atoms with E-state index in [0.717, 1.165) is 16.0 Å². The van der Waals surface area contributed by atoms with Crippen molar-refractivity contribution < 1.29 is 19.1 Å². The SMILES string of the molecule is CC1(C)C[C@@H]([C@H](c2ccc(Cl)cc2)[C@H](N=[N+]=[N-])C(=O)N2C(=O)OC[C@@H]2c2ccccc2)CCO1. The summed E-state index contributed by atoms with van der Waals surface area (Å²) < 4.78 is 11.2. The van der Waals surface area contributed by atoms with E-state index in [1.54, 1.807) is 12.1 Å². The van der Waals surface area contributed by atoms with Crippen LogP contribution in [0.15, 0.2) is 59.7 Å². The van der Waals surface area contributed by atoms with Crippen molar-refractivity contribution in [2.45, 2.75) is 50.3 Å². The van der Waals surface area contributed by atoms with Crippen LogP contribution in [-0.4, -0.2) is 41.8 Å². The molecule has 2 aliphatic rings. The predicted octanol–water partition coefficient (Wildman–Crippen LogP) is 6.03. The van der Waals surface area contributed by atoms with Crippen LogP contribution in [0, 0.1) is 5.92 Å². The highest BCUT2D eigenvalue weighted by molar-refractivity contribution is 6.30. The van der Waals surface area contributed by atoms with Crippen LogP contribution in [0.5, 0.6) is 0 Å². The minimum Gasteiger partial charge on any atom is -0.446 e. The number of imide groups is 1. The van der Waals surface area contributed by atoms with E-state index in [2.05, 4.69) is 10.0 Å². The lowest BCUT2D eigenvalue weighted by Crippen LogP contribution is -2.46. The average Bonchev–Trinajstić information content (AvgIpc) is 3.21. The van der Waals surface area contributed by atoms with Gasteiger partial charge in [-0.3, -0.25) is 4.79 Å². The van der Waals surface area contributed by atoms with Crippen LogP contribution in [0.4, 0.5) is 4.79 Å². The summed E-state index contributed by atoms with van der Waals surface area (Å²) in [6.07, 6.45) is 0.616. The Morgan fingerprint density at radius 1 is 1.21 bits per heavy atom. The Bertz CT molecular complexity index is 1090. The van der Waals surface area contributed by atoms with E-state index >= 15 is 0 Å². The molecule has 8 nitrogen and oxygen atoms in total. The van der Waals surface area contributed by atoms with Crippen molar-refractivity contribution in [3.8, 4) is 0 Å². The summed E-state index contributed by atoms with van der Waals surface area (Å²) in [5.74, 6) is -1.05. The molecule has 4 atom stereocenters. The van der Waals surface area contributed by atoms with E-state index < -0.39 is 35.6 Å². The number of ether oxygens (including phenoxy) is 2. The highest BCUT2D eigenvalue weighted by Crippen LogP contribution is 2.43. The monoisotopic (exact) mass is 482 g/mol. The molecule has 2 aliphatic heterocycles. The number of hydrogen-bond donors (Lipinski definition) is 0. The van der Waals surface area contributed by atoms with Gasteiger partial charge in [-0.15, -0.1) is 0 Å². The second-order valence-corrected chi connectivity index (χ2v) is 9.74. The van der Waals surface area contributed by atoms with E-state index in [-0.39, 0.29) is 12.5 Å². The van der Waals surface area contributed by atoms with Gasteiger partial charge in [-0.05, 0) is 61.4 Å². The molecule has 9 heteroatoms. The predicted molar refractivity (Wildman–Crippen MR) is 127 cm³/mol. The van der Waals surface area contributed by atoms with E-state index in [9.17, 15) is 15.1 Å². The molecule has 0 radical (unpaired) electrons. The molecule has 0 unspecified atom stereocenters. The average molecular weight is 483 g/mol. The van der Waals surface area contributed by atoms with E-state index in [4.69, 9.17) is 21.1 Å². The fourth-order valence-corrected chi connectivity index (χ4v) is 5.17. The van der Waals surface area contributed by atoms with Gasteiger partial charge in [0.1, 0.15) is 18.7 Å². The highest BCUT2D eigenvalue weighted by atomic mass is 35.5. The molecular weight excluding hydrogens is 456 g/mol. The standard InChI is InChI=1S/C25H27ClN4O4/c1-25(2)14-18(12-13-34-25)21(17-8-10-19(26)11-9-17)22(28-29-27)23(31)30-20(15-33-24(30)32)16-6-4-3-5-7-16/h3-11,18,20-22H,12-15H2,1-2H3/t18-,20+,21-,22-/m0/s1. The zero-order valence-corrected chi connectivity index (χ0v) is 19.9. The quantitative estimate of drug-likeness (QED) is 0.285. The van der Waals surface area contributed by atoms with Crippen molar-refractivity contribution >= 4 is 23.6 Å². The Morgan fingerprint density at radius 2 is 1.91 bits per heavy atom. The van der Waals surface area contributed by atoms with E-state index in [1.807, 2.05) is 56.3 Å². The fourth-order valence-electron chi connectivity index (χ4n) is 5.04. The molecule has 0 N–H and O–H groups in total. The molecule has 178 valence electrons. The Labute approximate surface area is 203 Å². The normalized spacial score (nSPS) is 23.5. The Balaban J connectivity index is 1.75. The van der Waals surface area contributed by atoms with Gasteiger partial charge in [0.2, 0.25) is 5.91 Å². The molecule has 2 heterocycles. The molecule has 0 bridgehead atoms. The number of carbonyl (C=O) groups excluding carboxylic acids is 2. The zero-order valence-electron chi connectivity index (χ0n) is 19.1. The maximum atomic E-state index is 13.9. The van der Waals surface area contributed by atoms with Gasteiger partial charge in [0, 0.05) is 22.5 Å². The maximum Gasteiger partial charge on any atom is 0.417 e. The Hall–Kier alpha value is -3.06. The molecule has 2 aromatic carbocycles. The van der Waals surface area contributed by atoms with Crippen molar-refractivity contribution in [3.63, 3.8) is 0 Å². The van der Waals surface area contributed by atoms with Crippen LogP contribution >= 0.6 is 11.6 Å². The van der Waals surface area contributed by atoms with Crippen molar-refractivity contribution in [1.29, 1.82) is 0 Å². The lowest BCUT2D eigenvalue weighted by atomic mass is 9.73. The molecule has 2 aromatic rings. The molecule has 2 saturated heterocycles. The lowest BCUT2D eigenvalue weighted by Gasteiger charge is -2.41. The number of azide groups is 1. The first kappa shape index (κ1) is 24.1. The number of nitrogens with zero attached hydrogens (tertiary/aromatic N) is 4. The molecule has 4 rings (SSSR count). The lowest BCUT2D eigenvalue weighted by molar-refractivity contribution is -0.132. The van der Waals surface area contributed by atoms with Gasteiger partial charge >= 0.3 is 6.09 Å². The summed E-state index contributed by atoms with van der Waals surface area (Å²) in [6.45, 7) is 4.59. The van der Waals surface area contributed by atoms with Crippen LogP contribution in [0.2, 0.25) is 5.02 Å². The van der Waals surface area contributed by atoms with Crippen LogP contribution in [0.25, 0.3) is 10.4 Å². The summed E-state index contributed by atoms with van der Waals surface area (Å²) in [7, 11) is 0. The number of halogens is 1. The molecular formula is C25H27ClN4O4. The van der Waals surface area contributed by atoms with Crippen LogP contribution < -0.4 is 0 Å². The molecule has 0 saturated carbocycles.